The summed E-state index contributed by atoms with van der Waals surface area (Å²) in [5, 5.41) is 5.80. The van der Waals surface area contributed by atoms with Crippen molar-refractivity contribution in [3.63, 3.8) is 0 Å². The Morgan fingerprint density at radius 1 is 1.42 bits per heavy atom. The van der Waals surface area contributed by atoms with Crippen molar-refractivity contribution in [2.75, 3.05) is 20.7 Å². The van der Waals surface area contributed by atoms with Gasteiger partial charge in [-0.3, -0.25) is 4.79 Å². The molecule has 1 unspecified atom stereocenters. The van der Waals surface area contributed by atoms with Crippen molar-refractivity contribution < 1.29 is 14.3 Å². The minimum absolute atomic E-state index is 0.148. The van der Waals surface area contributed by atoms with E-state index < -0.39 is 6.10 Å². The fourth-order valence-electron chi connectivity index (χ4n) is 1.64. The average molecular weight is 266 g/mol. The quantitative estimate of drug-likeness (QED) is 0.781. The monoisotopic (exact) mass is 266 g/mol. The van der Waals surface area contributed by atoms with Crippen molar-refractivity contribution in [2.45, 2.75) is 26.5 Å². The maximum Gasteiger partial charge on any atom is 0.260 e. The highest BCUT2D eigenvalue weighted by molar-refractivity contribution is 5.80. The van der Waals surface area contributed by atoms with Crippen LogP contribution in [0.4, 0.5) is 0 Å². The summed E-state index contributed by atoms with van der Waals surface area (Å²) in [4.78, 5) is 11.5. The zero-order valence-electron chi connectivity index (χ0n) is 11.9. The number of methoxy groups -OCH3 is 1. The van der Waals surface area contributed by atoms with E-state index in [9.17, 15) is 4.79 Å². The van der Waals surface area contributed by atoms with Crippen molar-refractivity contribution >= 4 is 5.91 Å². The van der Waals surface area contributed by atoms with Crippen LogP contribution in [0.25, 0.3) is 0 Å². The number of nitrogens with one attached hydrogen (secondary N) is 2. The van der Waals surface area contributed by atoms with Gasteiger partial charge in [0.1, 0.15) is 11.5 Å². The van der Waals surface area contributed by atoms with Gasteiger partial charge >= 0.3 is 0 Å². The fourth-order valence-corrected chi connectivity index (χ4v) is 1.64. The number of amides is 1. The number of benzene rings is 1. The van der Waals surface area contributed by atoms with Gasteiger partial charge in [0.15, 0.2) is 6.10 Å². The van der Waals surface area contributed by atoms with Gasteiger partial charge in [-0.15, -0.1) is 0 Å². The normalized spacial score (nSPS) is 11.8. The Hall–Kier alpha value is -1.75. The van der Waals surface area contributed by atoms with Crippen LogP contribution in [0.3, 0.4) is 0 Å². The second-order valence-electron chi connectivity index (χ2n) is 4.13. The number of hydrogen-bond acceptors (Lipinski definition) is 4. The molecule has 0 spiro atoms. The highest BCUT2D eigenvalue weighted by Gasteiger charge is 2.15. The van der Waals surface area contributed by atoms with Gasteiger partial charge in [-0.05, 0) is 31.7 Å². The van der Waals surface area contributed by atoms with E-state index in [-0.39, 0.29) is 5.91 Å². The summed E-state index contributed by atoms with van der Waals surface area (Å²) in [5.41, 5.74) is 0.969. The van der Waals surface area contributed by atoms with E-state index in [1.54, 1.807) is 21.1 Å². The topological polar surface area (TPSA) is 59.6 Å². The molecule has 2 N–H and O–H groups in total. The molecule has 0 fully saturated rings. The molecule has 0 heterocycles. The lowest BCUT2D eigenvalue weighted by Crippen LogP contribution is -2.34. The Balaban J connectivity index is 2.88. The highest BCUT2D eigenvalue weighted by atomic mass is 16.5. The number of rotatable bonds is 7. The van der Waals surface area contributed by atoms with Crippen LogP contribution in [0.2, 0.25) is 0 Å². The van der Waals surface area contributed by atoms with Gasteiger partial charge in [0.2, 0.25) is 0 Å². The lowest BCUT2D eigenvalue weighted by Gasteiger charge is -2.17. The molecule has 0 aromatic heterocycles. The van der Waals surface area contributed by atoms with E-state index in [1.807, 2.05) is 25.1 Å². The van der Waals surface area contributed by atoms with Crippen LogP contribution in [-0.2, 0) is 11.3 Å². The Bertz CT molecular complexity index is 421. The van der Waals surface area contributed by atoms with Crippen LogP contribution >= 0.6 is 0 Å². The number of ether oxygens (including phenoxy) is 2. The third-order valence-corrected chi connectivity index (χ3v) is 2.75. The summed E-state index contributed by atoms with van der Waals surface area (Å²) < 4.78 is 10.9. The zero-order valence-corrected chi connectivity index (χ0v) is 11.9. The first kappa shape index (κ1) is 15.3. The molecule has 0 radical (unpaired) electrons. The second kappa shape index (κ2) is 7.63. The van der Waals surface area contributed by atoms with E-state index >= 15 is 0 Å². The van der Waals surface area contributed by atoms with E-state index in [4.69, 9.17) is 9.47 Å². The molecule has 0 saturated heterocycles. The minimum atomic E-state index is -0.529. The summed E-state index contributed by atoms with van der Waals surface area (Å²) in [6.07, 6.45) is -0.529. The first-order chi connectivity index (χ1) is 9.12. The van der Waals surface area contributed by atoms with Crippen molar-refractivity contribution in [3.05, 3.63) is 23.8 Å². The van der Waals surface area contributed by atoms with Gasteiger partial charge in [-0.2, -0.15) is 0 Å². The largest absolute Gasteiger partial charge is 0.497 e. The van der Waals surface area contributed by atoms with Crippen molar-refractivity contribution in [1.29, 1.82) is 0 Å². The van der Waals surface area contributed by atoms with Crippen molar-refractivity contribution in [3.8, 4) is 11.5 Å². The number of carbonyl (C=O) groups is 1. The smallest absolute Gasteiger partial charge is 0.260 e. The van der Waals surface area contributed by atoms with E-state index in [2.05, 4.69) is 10.6 Å². The average Bonchev–Trinajstić information content (AvgIpc) is 2.45. The number of likely N-dealkylation sites (N-methyl/N-ethyl adjacent to an activating group) is 1. The van der Waals surface area contributed by atoms with E-state index in [0.29, 0.717) is 12.3 Å². The van der Waals surface area contributed by atoms with E-state index in [0.717, 1.165) is 17.9 Å². The lowest BCUT2D eigenvalue weighted by atomic mass is 10.2. The molecule has 0 aliphatic carbocycles. The SMILES string of the molecule is CCNCc1cc(OC)ccc1OC(C)C(=O)NC. The van der Waals surface area contributed by atoms with E-state index in [1.165, 1.54) is 0 Å². The predicted octanol–water partition coefficient (Wildman–Crippen LogP) is 1.32. The second-order valence-corrected chi connectivity index (χ2v) is 4.13. The van der Waals surface area contributed by atoms with Gasteiger partial charge in [-0.25, -0.2) is 0 Å². The maximum atomic E-state index is 11.5. The van der Waals surface area contributed by atoms with Gasteiger partial charge in [0.05, 0.1) is 7.11 Å². The van der Waals surface area contributed by atoms with Gasteiger partial charge in [-0.1, -0.05) is 6.92 Å². The van der Waals surface area contributed by atoms with Gasteiger partial charge in [0, 0.05) is 19.2 Å². The van der Waals surface area contributed by atoms with Crippen LogP contribution in [0.15, 0.2) is 18.2 Å². The first-order valence-corrected chi connectivity index (χ1v) is 6.38. The first-order valence-electron chi connectivity index (χ1n) is 6.38. The molecule has 0 saturated carbocycles. The van der Waals surface area contributed by atoms with Gasteiger partial charge < -0.3 is 20.1 Å². The Morgan fingerprint density at radius 2 is 2.16 bits per heavy atom. The number of hydrogen-bond donors (Lipinski definition) is 2. The zero-order chi connectivity index (χ0) is 14.3. The minimum Gasteiger partial charge on any atom is -0.497 e. The molecule has 5 nitrogen and oxygen atoms in total. The molecule has 19 heavy (non-hydrogen) atoms. The summed E-state index contributed by atoms with van der Waals surface area (Å²) in [6, 6.07) is 5.56. The molecule has 1 amide bonds. The van der Waals surface area contributed by atoms with Crippen LogP contribution in [0, 0.1) is 0 Å². The molecule has 1 atom stereocenters. The summed E-state index contributed by atoms with van der Waals surface area (Å²) in [6.45, 7) is 5.29. The molecule has 1 aromatic carbocycles. The summed E-state index contributed by atoms with van der Waals surface area (Å²) in [5.74, 6) is 1.32. The summed E-state index contributed by atoms with van der Waals surface area (Å²) >= 11 is 0. The molecule has 1 rings (SSSR count). The summed E-state index contributed by atoms with van der Waals surface area (Å²) in [7, 11) is 3.22. The van der Waals surface area contributed by atoms with Crippen molar-refractivity contribution in [2.24, 2.45) is 0 Å². The Labute approximate surface area is 114 Å². The standard InChI is InChI=1S/C14H22N2O3/c1-5-16-9-11-8-12(18-4)6-7-13(11)19-10(2)14(17)15-3/h6-8,10,16H,5,9H2,1-4H3,(H,15,17). The molecule has 1 aromatic rings. The molecule has 5 heteroatoms. The molecule has 0 aliphatic heterocycles. The Kier molecular flexibility index (Phi) is 6.15. The number of carbonyl (C=O) groups excluding carboxylic acids is 1. The van der Waals surface area contributed by atoms with Crippen LogP contribution in [-0.4, -0.2) is 32.7 Å². The predicted molar refractivity (Wildman–Crippen MR) is 74.5 cm³/mol. The van der Waals surface area contributed by atoms with Crippen LogP contribution < -0.4 is 20.1 Å². The van der Waals surface area contributed by atoms with Crippen molar-refractivity contribution in [1.82, 2.24) is 10.6 Å². The third-order valence-electron chi connectivity index (χ3n) is 2.75. The third kappa shape index (κ3) is 4.44. The Morgan fingerprint density at radius 3 is 2.74 bits per heavy atom. The molecular weight excluding hydrogens is 244 g/mol. The van der Waals surface area contributed by atoms with Crippen LogP contribution in [0.5, 0.6) is 11.5 Å². The lowest BCUT2D eigenvalue weighted by molar-refractivity contribution is -0.126. The fraction of sp³-hybridized carbons (Fsp3) is 0.500. The molecule has 106 valence electrons. The van der Waals surface area contributed by atoms with Crippen LogP contribution in [0.1, 0.15) is 19.4 Å². The maximum absolute atomic E-state index is 11.5. The molecule has 0 aliphatic rings. The van der Waals surface area contributed by atoms with Gasteiger partial charge in [0.25, 0.3) is 5.91 Å². The highest BCUT2D eigenvalue weighted by Crippen LogP contribution is 2.25. The molecule has 0 bridgehead atoms. The molecular formula is C14H22N2O3.